The van der Waals surface area contributed by atoms with E-state index in [2.05, 4.69) is 10.4 Å². The number of carbonyl (C=O) groups is 3. The van der Waals surface area contributed by atoms with Gasteiger partial charge in [0.05, 0.1) is 41.1 Å². The van der Waals surface area contributed by atoms with Crippen LogP contribution in [0.4, 0.5) is 5.82 Å². The van der Waals surface area contributed by atoms with E-state index in [1.54, 1.807) is 55.6 Å². The maximum Gasteiger partial charge on any atom is 0.261 e. The molecule has 0 aliphatic carbocycles. The standard InChI is InChI=1S/C24H22N4O6S/c1-34-16-10-8-15(9-11-16)28-22(19-13-35(32,33)14-20(19)26-28)25-21(29)7-4-12-27-23(30)17-5-2-3-6-18(17)24(27)31/h2-3,5-6,8-11H,4,7,12-14H2,1H3,(H,25,29). The first-order chi connectivity index (χ1) is 16.8. The Morgan fingerprint density at radius 2 is 1.69 bits per heavy atom. The second kappa shape index (κ2) is 8.66. The van der Waals surface area contributed by atoms with E-state index in [9.17, 15) is 22.8 Å². The lowest BCUT2D eigenvalue weighted by Gasteiger charge is -2.14. The SMILES string of the molecule is COc1ccc(-n2nc3c(c2NC(=O)CCCN2C(=O)c4ccccc4C2=O)CS(=O)(=O)C3)cc1. The van der Waals surface area contributed by atoms with E-state index >= 15 is 0 Å². The summed E-state index contributed by atoms with van der Waals surface area (Å²) in [6.45, 7) is 0.101. The number of aromatic nitrogens is 2. The van der Waals surface area contributed by atoms with Gasteiger partial charge in [-0.2, -0.15) is 5.10 Å². The number of anilines is 1. The van der Waals surface area contributed by atoms with Crippen LogP contribution in [0.5, 0.6) is 5.75 Å². The third-order valence-corrected chi connectivity index (χ3v) is 7.47. The Labute approximate surface area is 201 Å². The zero-order valence-corrected chi connectivity index (χ0v) is 19.7. The summed E-state index contributed by atoms with van der Waals surface area (Å²) < 4.78 is 31.0. The van der Waals surface area contributed by atoms with Crippen molar-refractivity contribution in [2.75, 3.05) is 19.0 Å². The molecule has 2 aliphatic heterocycles. The van der Waals surface area contributed by atoms with Crippen LogP contribution in [0.25, 0.3) is 5.69 Å². The number of fused-ring (bicyclic) bond motifs is 2. The highest BCUT2D eigenvalue weighted by Gasteiger charge is 2.35. The quantitative estimate of drug-likeness (QED) is 0.499. The van der Waals surface area contributed by atoms with Crippen molar-refractivity contribution in [2.45, 2.75) is 24.3 Å². The lowest BCUT2D eigenvalue weighted by atomic mass is 10.1. The van der Waals surface area contributed by atoms with Crippen molar-refractivity contribution in [1.82, 2.24) is 14.7 Å². The number of amides is 3. The molecule has 0 bridgehead atoms. The normalized spacial score (nSPS) is 15.7. The Hall–Kier alpha value is -3.99. The van der Waals surface area contributed by atoms with E-state index in [-0.39, 0.29) is 48.6 Å². The summed E-state index contributed by atoms with van der Waals surface area (Å²) in [6, 6.07) is 13.6. The molecule has 2 aromatic carbocycles. The van der Waals surface area contributed by atoms with E-state index in [1.807, 2.05) is 0 Å². The first-order valence-electron chi connectivity index (χ1n) is 11.0. The number of imide groups is 1. The second-order valence-corrected chi connectivity index (χ2v) is 10.4. The number of hydrogen-bond donors (Lipinski definition) is 1. The van der Waals surface area contributed by atoms with Crippen LogP contribution in [0.2, 0.25) is 0 Å². The molecule has 0 saturated carbocycles. The van der Waals surface area contributed by atoms with Crippen LogP contribution in [-0.4, -0.2) is 54.5 Å². The van der Waals surface area contributed by atoms with Crippen molar-refractivity contribution < 1.29 is 27.5 Å². The van der Waals surface area contributed by atoms with E-state index in [0.717, 1.165) is 4.90 Å². The number of hydrogen-bond acceptors (Lipinski definition) is 7. The van der Waals surface area contributed by atoms with Crippen molar-refractivity contribution in [1.29, 1.82) is 0 Å². The Balaban J connectivity index is 1.30. The molecule has 10 nitrogen and oxygen atoms in total. The molecule has 1 N–H and O–H groups in total. The van der Waals surface area contributed by atoms with Gasteiger partial charge in [-0.3, -0.25) is 19.3 Å². The Morgan fingerprint density at radius 3 is 2.31 bits per heavy atom. The number of ether oxygens (including phenoxy) is 1. The summed E-state index contributed by atoms with van der Waals surface area (Å²) in [6.07, 6.45) is 0.289. The average molecular weight is 495 g/mol. The minimum atomic E-state index is -3.33. The molecule has 3 amide bonds. The van der Waals surface area contributed by atoms with Gasteiger partial charge in [-0.05, 0) is 42.8 Å². The molecule has 0 atom stereocenters. The maximum atomic E-state index is 12.8. The van der Waals surface area contributed by atoms with Gasteiger partial charge in [0, 0.05) is 18.5 Å². The summed E-state index contributed by atoms with van der Waals surface area (Å²) in [5.74, 6) is -0.551. The smallest absolute Gasteiger partial charge is 0.261 e. The van der Waals surface area contributed by atoms with Gasteiger partial charge in [-0.25, -0.2) is 13.1 Å². The predicted octanol–water partition coefficient (Wildman–Crippen LogP) is 2.32. The number of methoxy groups -OCH3 is 1. The number of rotatable bonds is 7. The summed E-state index contributed by atoms with van der Waals surface area (Å²) in [7, 11) is -1.77. The van der Waals surface area contributed by atoms with Gasteiger partial charge in [0.25, 0.3) is 11.8 Å². The minimum absolute atomic E-state index is 0.0305. The van der Waals surface area contributed by atoms with Crippen molar-refractivity contribution in [3.63, 3.8) is 0 Å². The van der Waals surface area contributed by atoms with Crippen molar-refractivity contribution in [3.05, 3.63) is 70.9 Å². The topological polar surface area (TPSA) is 128 Å². The Kier molecular flexibility index (Phi) is 5.64. The van der Waals surface area contributed by atoms with Crippen molar-refractivity contribution >= 4 is 33.4 Å². The van der Waals surface area contributed by atoms with E-state index in [1.165, 1.54) is 4.68 Å². The number of carbonyl (C=O) groups excluding carboxylic acids is 3. The Bertz CT molecular complexity index is 1420. The van der Waals surface area contributed by atoms with Crippen LogP contribution in [0.3, 0.4) is 0 Å². The van der Waals surface area contributed by atoms with Crippen LogP contribution in [-0.2, 0) is 26.1 Å². The highest BCUT2D eigenvalue weighted by Crippen LogP contribution is 2.33. The number of nitrogens with zero attached hydrogens (tertiary/aromatic N) is 3. The monoisotopic (exact) mass is 494 g/mol. The van der Waals surface area contributed by atoms with Crippen LogP contribution >= 0.6 is 0 Å². The molecule has 0 radical (unpaired) electrons. The summed E-state index contributed by atoms with van der Waals surface area (Å²) in [5.41, 5.74) is 2.24. The molecule has 11 heteroatoms. The molecule has 3 aromatic rings. The molecular weight excluding hydrogens is 472 g/mol. The lowest BCUT2D eigenvalue weighted by Crippen LogP contribution is -2.31. The first kappa shape index (κ1) is 22.8. The van der Waals surface area contributed by atoms with Gasteiger partial charge in [0.1, 0.15) is 11.6 Å². The number of nitrogens with one attached hydrogen (secondary N) is 1. The van der Waals surface area contributed by atoms with Gasteiger partial charge >= 0.3 is 0 Å². The van der Waals surface area contributed by atoms with Crippen molar-refractivity contribution in [3.8, 4) is 11.4 Å². The average Bonchev–Trinajstić information content (AvgIpc) is 3.41. The zero-order valence-electron chi connectivity index (χ0n) is 18.9. The molecule has 2 aliphatic rings. The fourth-order valence-electron chi connectivity index (χ4n) is 4.32. The molecule has 35 heavy (non-hydrogen) atoms. The van der Waals surface area contributed by atoms with Crippen LogP contribution in [0.1, 0.15) is 44.8 Å². The van der Waals surface area contributed by atoms with Crippen molar-refractivity contribution in [2.24, 2.45) is 0 Å². The van der Waals surface area contributed by atoms with Gasteiger partial charge in [-0.15, -0.1) is 0 Å². The van der Waals surface area contributed by atoms with Crippen LogP contribution in [0.15, 0.2) is 48.5 Å². The zero-order chi connectivity index (χ0) is 24.7. The predicted molar refractivity (Wildman–Crippen MR) is 126 cm³/mol. The molecule has 1 aromatic heterocycles. The lowest BCUT2D eigenvalue weighted by molar-refractivity contribution is -0.116. The van der Waals surface area contributed by atoms with Gasteiger partial charge in [-0.1, -0.05) is 12.1 Å². The highest BCUT2D eigenvalue weighted by molar-refractivity contribution is 7.90. The van der Waals surface area contributed by atoms with Crippen LogP contribution < -0.4 is 10.1 Å². The van der Waals surface area contributed by atoms with Gasteiger partial charge in [0.2, 0.25) is 5.91 Å². The Morgan fingerprint density at radius 1 is 1.03 bits per heavy atom. The number of benzene rings is 2. The fraction of sp³-hybridized carbons (Fsp3) is 0.250. The van der Waals surface area contributed by atoms with E-state index in [4.69, 9.17) is 4.74 Å². The fourth-order valence-corrected chi connectivity index (χ4v) is 5.81. The molecule has 0 fully saturated rings. The molecule has 0 unspecified atom stereocenters. The number of sulfone groups is 1. The third-order valence-electron chi connectivity index (χ3n) is 6.03. The van der Waals surface area contributed by atoms with E-state index in [0.29, 0.717) is 39.6 Å². The largest absolute Gasteiger partial charge is 0.497 e. The summed E-state index contributed by atoms with van der Waals surface area (Å²) >= 11 is 0. The molecule has 3 heterocycles. The van der Waals surface area contributed by atoms with E-state index < -0.39 is 9.84 Å². The first-order valence-corrected chi connectivity index (χ1v) is 12.8. The maximum absolute atomic E-state index is 12.8. The molecule has 0 saturated heterocycles. The molecule has 0 spiro atoms. The minimum Gasteiger partial charge on any atom is -0.497 e. The molecule has 180 valence electrons. The summed E-state index contributed by atoms with van der Waals surface area (Å²) in [4.78, 5) is 38.9. The van der Waals surface area contributed by atoms with Gasteiger partial charge in [0.15, 0.2) is 9.84 Å². The second-order valence-electron chi connectivity index (χ2n) is 8.38. The molecular formula is C24H22N4O6S. The highest BCUT2D eigenvalue weighted by atomic mass is 32.2. The third kappa shape index (κ3) is 4.18. The molecule has 5 rings (SSSR count). The van der Waals surface area contributed by atoms with Gasteiger partial charge < -0.3 is 10.1 Å². The summed E-state index contributed by atoms with van der Waals surface area (Å²) in [5, 5.41) is 7.23. The van der Waals surface area contributed by atoms with Crippen LogP contribution in [0, 0.1) is 0 Å².